The zero-order chi connectivity index (χ0) is 15.2. The molecule has 0 aliphatic carbocycles. The molecule has 0 aromatic heterocycles. The lowest BCUT2D eigenvalue weighted by Gasteiger charge is -2.11. The van der Waals surface area contributed by atoms with Crippen LogP contribution in [-0.4, -0.2) is 25.2 Å². The van der Waals surface area contributed by atoms with Gasteiger partial charge in [-0.15, -0.1) is 0 Å². The van der Waals surface area contributed by atoms with Crippen molar-refractivity contribution in [1.29, 1.82) is 0 Å². The van der Waals surface area contributed by atoms with Gasteiger partial charge in [-0.2, -0.15) is 0 Å². The van der Waals surface area contributed by atoms with Crippen LogP contribution in [0.4, 0.5) is 5.69 Å². The molecule has 0 atom stereocenters. The largest absolute Gasteiger partial charge is 0.496 e. The highest BCUT2D eigenvalue weighted by Crippen LogP contribution is 2.32. The summed E-state index contributed by atoms with van der Waals surface area (Å²) in [4.78, 5) is 10.6. The summed E-state index contributed by atoms with van der Waals surface area (Å²) >= 11 is 0. The maximum absolute atomic E-state index is 10.6. The van der Waals surface area contributed by atoms with Crippen molar-refractivity contribution < 1.29 is 14.6 Å². The lowest BCUT2D eigenvalue weighted by Crippen LogP contribution is -1.92. The molecule has 4 heteroatoms. The average Bonchev–Trinajstić information content (AvgIpc) is 2.52. The minimum absolute atomic E-state index is 0.704. The third-order valence-electron chi connectivity index (χ3n) is 3.11. The fourth-order valence-electron chi connectivity index (χ4n) is 2.06. The molecular weight excluding hydrogens is 266 g/mol. The molecular formula is C17H17NO3. The molecule has 0 radical (unpaired) electrons. The van der Waals surface area contributed by atoms with Crippen molar-refractivity contribution in [2.24, 2.45) is 0 Å². The van der Waals surface area contributed by atoms with Crippen LogP contribution < -0.4 is 10.1 Å². The number of aliphatic carboxylic acids is 1. The van der Waals surface area contributed by atoms with E-state index in [-0.39, 0.29) is 0 Å². The van der Waals surface area contributed by atoms with Crippen LogP contribution in [0.15, 0.2) is 48.5 Å². The second-order valence-corrected chi connectivity index (χ2v) is 4.46. The molecule has 4 nitrogen and oxygen atoms in total. The van der Waals surface area contributed by atoms with Gasteiger partial charge < -0.3 is 15.2 Å². The van der Waals surface area contributed by atoms with Gasteiger partial charge in [0.1, 0.15) is 5.75 Å². The first-order valence-corrected chi connectivity index (χ1v) is 6.51. The Morgan fingerprint density at radius 2 is 2.05 bits per heavy atom. The van der Waals surface area contributed by atoms with Gasteiger partial charge in [0, 0.05) is 24.4 Å². The van der Waals surface area contributed by atoms with Gasteiger partial charge in [-0.25, -0.2) is 4.79 Å². The van der Waals surface area contributed by atoms with E-state index in [0.717, 1.165) is 28.5 Å². The summed E-state index contributed by atoms with van der Waals surface area (Å²) in [6, 6.07) is 13.6. The molecule has 108 valence electrons. The highest BCUT2D eigenvalue weighted by atomic mass is 16.5. The Labute approximate surface area is 123 Å². The van der Waals surface area contributed by atoms with Crippen LogP contribution in [0.2, 0.25) is 0 Å². The van der Waals surface area contributed by atoms with Crippen LogP contribution in [0.25, 0.3) is 17.2 Å². The van der Waals surface area contributed by atoms with E-state index in [4.69, 9.17) is 9.84 Å². The van der Waals surface area contributed by atoms with Crippen molar-refractivity contribution in [1.82, 2.24) is 0 Å². The standard InChI is InChI=1S/C17H17NO3/c1-18-14-5-3-4-13(11-14)15-8-6-12(7-9-17(19)20)10-16(15)21-2/h3-11,18H,1-2H3,(H,19,20). The monoisotopic (exact) mass is 283 g/mol. The highest BCUT2D eigenvalue weighted by molar-refractivity contribution is 5.86. The number of rotatable bonds is 5. The van der Waals surface area contributed by atoms with Gasteiger partial charge in [-0.1, -0.05) is 24.3 Å². The van der Waals surface area contributed by atoms with E-state index < -0.39 is 5.97 Å². The summed E-state index contributed by atoms with van der Waals surface area (Å²) < 4.78 is 5.42. The number of ether oxygens (including phenoxy) is 1. The molecule has 0 bridgehead atoms. The summed E-state index contributed by atoms with van der Waals surface area (Å²) in [5.41, 5.74) is 3.79. The fraction of sp³-hybridized carbons (Fsp3) is 0.118. The van der Waals surface area contributed by atoms with Gasteiger partial charge in [-0.3, -0.25) is 0 Å². The minimum Gasteiger partial charge on any atom is -0.496 e. The predicted molar refractivity (Wildman–Crippen MR) is 84.6 cm³/mol. The molecule has 21 heavy (non-hydrogen) atoms. The molecule has 0 unspecified atom stereocenters. The molecule has 2 N–H and O–H groups in total. The smallest absolute Gasteiger partial charge is 0.328 e. The van der Waals surface area contributed by atoms with E-state index in [1.807, 2.05) is 49.5 Å². The first-order chi connectivity index (χ1) is 10.1. The van der Waals surface area contributed by atoms with E-state index in [2.05, 4.69) is 5.32 Å². The number of methoxy groups -OCH3 is 1. The molecule has 0 saturated carbocycles. The molecule has 0 spiro atoms. The number of benzene rings is 2. The first-order valence-electron chi connectivity index (χ1n) is 6.51. The van der Waals surface area contributed by atoms with Gasteiger partial charge in [-0.05, 0) is 35.4 Å². The van der Waals surface area contributed by atoms with Gasteiger partial charge in [0.15, 0.2) is 0 Å². The van der Waals surface area contributed by atoms with E-state index in [1.54, 1.807) is 13.2 Å². The Balaban J connectivity index is 2.42. The second kappa shape index (κ2) is 6.61. The summed E-state index contributed by atoms with van der Waals surface area (Å²) in [5.74, 6) is -0.268. The Hall–Kier alpha value is -2.75. The maximum atomic E-state index is 10.6. The summed E-state index contributed by atoms with van der Waals surface area (Å²) in [6.07, 6.45) is 2.65. The van der Waals surface area contributed by atoms with Crippen molar-refractivity contribution >= 4 is 17.7 Å². The summed E-state index contributed by atoms with van der Waals surface area (Å²) in [5, 5.41) is 11.8. The van der Waals surface area contributed by atoms with Crippen molar-refractivity contribution in [3.8, 4) is 16.9 Å². The van der Waals surface area contributed by atoms with Crippen LogP contribution in [0.3, 0.4) is 0 Å². The van der Waals surface area contributed by atoms with E-state index in [9.17, 15) is 4.79 Å². The first kappa shape index (κ1) is 14.7. The SMILES string of the molecule is CNc1cccc(-c2ccc(C=CC(=O)O)cc2OC)c1. The van der Waals surface area contributed by atoms with Gasteiger partial charge in [0.05, 0.1) is 7.11 Å². The van der Waals surface area contributed by atoms with Crippen LogP contribution in [0.5, 0.6) is 5.75 Å². The normalized spacial score (nSPS) is 10.6. The van der Waals surface area contributed by atoms with Crippen molar-refractivity contribution in [2.45, 2.75) is 0 Å². The van der Waals surface area contributed by atoms with Crippen LogP contribution in [-0.2, 0) is 4.79 Å². The molecule has 0 aliphatic rings. The predicted octanol–water partition coefficient (Wildman–Crippen LogP) is 3.50. The topological polar surface area (TPSA) is 58.6 Å². The summed E-state index contributed by atoms with van der Waals surface area (Å²) in [6.45, 7) is 0. The Morgan fingerprint density at radius 3 is 2.71 bits per heavy atom. The van der Waals surface area contributed by atoms with Crippen LogP contribution in [0.1, 0.15) is 5.56 Å². The van der Waals surface area contributed by atoms with Gasteiger partial charge in [0.25, 0.3) is 0 Å². The van der Waals surface area contributed by atoms with Crippen molar-refractivity contribution in [3.05, 3.63) is 54.1 Å². The van der Waals surface area contributed by atoms with Crippen molar-refractivity contribution in [2.75, 3.05) is 19.5 Å². The van der Waals surface area contributed by atoms with E-state index in [0.29, 0.717) is 5.75 Å². The number of carboxylic acid groups (broad SMARTS) is 1. The number of hydrogen-bond donors (Lipinski definition) is 2. The zero-order valence-electron chi connectivity index (χ0n) is 12.0. The van der Waals surface area contributed by atoms with E-state index in [1.165, 1.54) is 0 Å². The number of carboxylic acids is 1. The molecule has 2 rings (SSSR count). The van der Waals surface area contributed by atoms with Crippen molar-refractivity contribution in [3.63, 3.8) is 0 Å². The third-order valence-corrected chi connectivity index (χ3v) is 3.11. The molecule has 2 aromatic rings. The Morgan fingerprint density at radius 1 is 1.24 bits per heavy atom. The fourth-order valence-corrected chi connectivity index (χ4v) is 2.06. The second-order valence-electron chi connectivity index (χ2n) is 4.46. The number of carbonyl (C=O) groups is 1. The lowest BCUT2D eigenvalue weighted by atomic mass is 10.0. The molecule has 0 saturated heterocycles. The minimum atomic E-state index is -0.972. The maximum Gasteiger partial charge on any atom is 0.328 e. The lowest BCUT2D eigenvalue weighted by molar-refractivity contribution is -0.131. The average molecular weight is 283 g/mol. The number of anilines is 1. The van der Waals surface area contributed by atoms with E-state index >= 15 is 0 Å². The highest BCUT2D eigenvalue weighted by Gasteiger charge is 2.07. The molecule has 2 aromatic carbocycles. The van der Waals surface area contributed by atoms with Crippen LogP contribution in [0, 0.1) is 0 Å². The third kappa shape index (κ3) is 3.63. The molecule has 0 heterocycles. The Bertz CT molecular complexity index is 677. The number of hydrogen-bond acceptors (Lipinski definition) is 3. The zero-order valence-corrected chi connectivity index (χ0v) is 12.0. The number of nitrogens with one attached hydrogen (secondary N) is 1. The molecule has 0 amide bonds. The van der Waals surface area contributed by atoms with Gasteiger partial charge >= 0.3 is 5.97 Å². The quantitative estimate of drug-likeness (QED) is 0.824. The molecule has 0 aliphatic heterocycles. The molecule has 0 fully saturated rings. The Kier molecular flexibility index (Phi) is 4.61. The van der Waals surface area contributed by atoms with Crippen LogP contribution >= 0.6 is 0 Å². The van der Waals surface area contributed by atoms with Gasteiger partial charge in [0.2, 0.25) is 0 Å². The summed E-state index contributed by atoms with van der Waals surface area (Å²) in [7, 11) is 3.47.